The lowest BCUT2D eigenvalue weighted by Gasteiger charge is -2.36. The minimum Gasteiger partial charge on any atom is -0.493 e. The van der Waals surface area contributed by atoms with Crippen molar-refractivity contribution >= 4 is 17.9 Å². The normalized spacial score (nSPS) is 16.2. The summed E-state index contributed by atoms with van der Waals surface area (Å²) in [6.45, 7) is 7.58. The lowest BCUT2D eigenvalue weighted by molar-refractivity contribution is -0.137. The molecule has 1 saturated heterocycles. The quantitative estimate of drug-likeness (QED) is 0.591. The van der Waals surface area contributed by atoms with Crippen LogP contribution in [0.15, 0.2) is 24.3 Å². The Balaban J connectivity index is 1.45. The monoisotopic (exact) mass is 461 g/mol. The fourth-order valence-corrected chi connectivity index (χ4v) is 3.70. The van der Waals surface area contributed by atoms with Crippen molar-refractivity contribution in [2.75, 3.05) is 46.4 Å². The Morgan fingerprint density at radius 2 is 1.61 bits per heavy atom. The van der Waals surface area contributed by atoms with E-state index in [1.807, 2.05) is 32.9 Å². The molecule has 0 aromatic heterocycles. The first-order chi connectivity index (χ1) is 15.7. The second kappa shape index (κ2) is 10.8. The molecule has 33 heavy (non-hydrogen) atoms. The largest absolute Gasteiger partial charge is 0.493 e. The number of piperazine rings is 1. The van der Waals surface area contributed by atoms with Gasteiger partial charge in [-0.1, -0.05) is 12.1 Å². The highest BCUT2D eigenvalue weighted by Crippen LogP contribution is 2.29. The molecular weight excluding hydrogens is 426 g/mol. The second-order valence-electron chi connectivity index (χ2n) is 9.36. The molecular formula is C24H35N3O6. The van der Waals surface area contributed by atoms with E-state index in [4.69, 9.17) is 14.2 Å². The SMILES string of the molecule is COc1ccccc1OCC(=O)N(CCC(=O)N1CCN(C(=O)OC(C)(C)C)CC1)C1CC1. The van der Waals surface area contributed by atoms with Gasteiger partial charge in [-0.2, -0.15) is 0 Å². The highest BCUT2D eigenvalue weighted by molar-refractivity contribution is 5.81. The van der Waals surface area contributed by atoms with E-state index in [0.717, 1.165) is 12.8 Å². The van der Waals surface area contributed by atoms with E-state index in [2.05, 4.69) is 0 Å². The second-order valence-corrected chi connectivity index (χ2v) is 9.36. The fourth-order valence-electron chi connectivity index (χ4n) is 3.70. The Morgan fingerprint density at radius 1 is 1.00 bits per heavy atom. The van der Waals surface area contributed by atoms with Crippen LogP contribution in [-0.2, 0) is 14.3 Å². The zero-order valence-electron chi connectivity index (χ0n) is 20.0. The summed E-state index contributed by atoms with van der Waals surface area (Å²) in [6, 6.07) is 7.37. The molecule has 0 atom stereocenters. The Labute approximate surface area is 195 Å². The van der Waals surface area contributed by atoms with Crippen LogP contribution in [0.25, 0.3) is 0 Å². The highest BCUT2D eigenvalue weighted by atomic mass is 16.6. The molecule has 0 unspecified atom stereocenters. The van der Waals surface area contributed by atoms with Gasteiger partial charge in [0.25, 0.3) is 5.91 Å². The van der Waals surface area contributed by atoms with Crippen molar-refractivity contribution in [1.82, 2.24) is 14.7 Å². The van der Waals surface area contributed by atoms with Crippen molar-refractivity contribution in [2.24, 2.45) is 0 Å². The van der Waals surface area contributed by atoms with Crippen molar-refractivity contribution in [3.63, 3.8) is 0 Å². The van der Waals surface area contributed by atoms with Gasteiger partial charge in [0.1, 0.15) is 5.60 Å². The molecule has 0 radical (unpaired) electrons. The van der Waals surface area contributed by atoms with Crippen LogP contribution in [0.5, 0.6) is 11.5 Å². The molecule has 1 saturated carbocycles. The Kier molecular flexibility index (Phi) is 8.05. The number of hydrogen-bond donors (Lipinski definition) is 0. The maximum Gasteiger partial charge on any atom is 0.410 e. The molecule has 1 aromatic rings. The van der Waals surface area contributed by atoms with Crippen LogP contribution >= 0.6 is 0 Å². The first-order valence-electron chi connectivity index (χ1n) is 11.5. The Morgan fingerprint density at radius 3 is 2.18 bits per heavy atom. The van der Waals surface area contributed by atoms with Crippen molar-refractivity contribution in [2.45, 2.75) is 51.7 Å². The van der Waals surface area contributed by atoms with Gasteiger partial charge in [-0.05, 0) is 45.7 Å². The Bertz CT molecular complexity index is 841. The number of hydrogen-bond acceptors (Lipinski definition) is 6. The van der Waals surface area contributed by atoms with Crippen LogP contribution < -0.4 is 9.47 Å². The molecule has 2 aliphatic rings. The molecule has 1 heterocycles. The number of amides is 3. The van der Waals surface area contributed by atoms with Gasteiger partial charge in [-0.25, -0.2) is 4.79 Å². The van der Waals surface area contributed by atoms with E-state index in [-0.39, 0.29) is 37.0 Å². The fraction of sp³-hybridized carbons (Fsp3) is 0.625. The van der Waals surface area contributed by atoms with Crippen molar-refractivity contribution in [3.05, 3.63) is 24.3 Å². The molecule has 0 N–H and O–H groups in total. The summed E-state index contributed by atoms with van der Waals surface area (Å²) in [5.74, 6) is 0.945. The highest BCUT2D eigenvalue weighted by Gasteiger charge is 2.34. The van der Waals surface area contributed by atoms with E-state index >= 15 is 0 Å². The molecule has 1 aliphatic heterocycles. The molecule has 2 fully saturated rings. The molecule has 1 aliphatic carbocycles. The molecule has 0 spiro atoms. The van der Waals surface area contributed by atoms with Crippen LogP contribution in [0.1, 0.15) is 40.0 Å². The predicted octanol–water partition coefficient (Wildman–Crippen LogP) is 2.53. The van der Waals surface area contributed by atoms with Crippen molar-refractivity contribution in [1.29, 1.82) is 0 Å². The lowest BCUT2D eigenvalue weighted by atomic mass is 10.2. The summed E-state index contributed by atoms with van der Waals surface area (Å²) in [4.78, 5) is 42.9. The van der Waals surface area contributed by atoms with Gasteiger partial charge in [0.15, 0.2) is 18.1 Å². The predicted molar refractivity (Wildman–Crippen MR) is 122 cm³/mol. The molecule has 3 rings (SSSR count). The van der Waals surface area contributed by atoms with Crippen LogP contribution in [0.3, 0.4) is 0 Å². The molecule has 0 bridgehead atoms. The van der Waals surface area contributed by atoms with Crippen LogP contribution in [0, 0.1) is 0 Å². The number of nitrogens with zero attached hydrogens (tertiary/aromatic N) is 3. The van der Waals surface area contributed by atoms with Crippen LogP contribution in [0.2, 0.25) is 0 Å². The number of para-hydroxylation sites is 2. The number of carbonyl (C=O) groups excluding carboxylic acids is 3. The third-order valence-corrected chi connectivity index (χ3v) is 5.58. The average Bonchev–Trinajstić information content (AvgIpc) is 3.62. The van der Waals surface area contributed by atoms with Crippen LogP contribution in [0.4, 0.5) is 4.79 Å². The number of ether oxygens (including phenoxy) is 3. The minimum absolute atomic E-state index is 0.0112. The summed E-state index contributed by atoms with van der Waals surface area (Å²) in [5.41, 5.74) is -0.543. The Hall–Kier alpha value is -2.97. The van der Waals surface area contributed by atoms with Gasteiger partial charge in [0.05, 0.1) is 7.11 Å². The summed E-state index contributed by atoms with van der Waals surface area (Å²) < 4.78 is 16.3. The van der Waals surface area contributed by atoms with E-state index < -0.39 is 5.60 Å². The van der Waals surface area contributed by atoms with E-state index in [9.17, 15) is 14.4 Å². The molecule has 9 nitrogen and oxygen atoms in total. The molecule has 9 heteroatoms. The van der Waals surface area contributed by atoms with Crippen LogP contribution in [-0.4, -0.2) is 90.7 Å². The molecule has 1 aromatic carbocycles. The first kappa shape index (κ1) is 24.7. The number of methoxy groups -OCH3 is 1. The minimum atomic E-state index is -0.543. The van der Waals surface area contributed by atoms with Crippen molar-refractivity contribution < 1.29 is 28.6 Å². The standard InChI is InChI=1S/C24H35N3O6/c1-24(2,3)33-23(30)26-15-13-25(14-16-26)21(28)11-12-27(18-9-10-18)22(29)17-32-20-8-6-5-7-19(20)31-4/h5-8,18H,9-17H2,1-4H3. The number of benzene rings is 1. The maximum atomic E-state index is 12.8. The van der Waals surface area contributed by atoms with E-state index in [1.54, 1.807) is 33.9 Å². The topological polar surface area (TPSA) is 88.6 Å². The first-order valence-corrected chi connectivity index (χ1v) is 11.5. The van der Waals surface area contributed by atoms with Gasteiger partial charge in [-0.3, -0.25) is 9.59 Å². The van der Waals surface area contributed by atoms with E-state index in [1.165, 1.54) is 0 Å². The van der Waals surface area contributed by atoms with Gasteiger partial charge in [0.2, 0.25) is 5.91 Å². The third kappa shape index (κ3) is 7.27. The average molecular weight is 462 g/mol. The number of rotatable bonds is 8. The zero-order chi connectivity index (χ0) is 24.0. The maximum absolute atomic E-state index is 12.8. The molecule has 3 amide bonds. The smallest absolute Gasteiger partial charge is 0.410 e. The molecule has 182 valence electrons. The van der Waals surface area contributed by atoms with Gasteiger partial charge in [0, 0.05) is 45.2 Å². The zero-order valence-corrected chi connectivity index (χ0v) is 20.0. The van der Waals surface area contributed by atoms with E-state index in [0.29, 0.717) is 44.2 Å². The van der Waals surface area contributed by atoms with Gasteiger partial charge < -0.3 is 28.9 Å². The summed E-state index contributed by atoms with van der Waals surface area (Å²) in [5, 5.41) is 0. The van der Waals surface area contributed by atoms with Crippen molar-refractivity contribution in [3.8, 4) is 11.5 Å². The summed E-state index contributed by atoms with van der Waals surface area (Å²) in [7, 11) is 1.56. The lowest BCUT2D eigenvalue weighted by Crippen LogP contribution is -2.52. The summed E-state index contributed by atoms with van der Waals surface area (Å²) >= 11 is 0. The number of carbonyl (C=O) groups is 3. The summed E-state index contributed by atoms with van der Waals surface area (Å²) in [6.07, 6.45) is 1.80. The third-order valence-electron chi connectivity index (χ3n) is 5.58. The van der Waals surface area contributed by atoms with Gasteiger partial charge in [-0.15, -0.1) is 0 Å². The van der Waals surface area contributed by atoms with Gasteiger partial charge >= 0.3 is 6.09 Å².